The van der Waals surface area contributed by atoms with E-state index in [2.05, 4.69) is 4.98 Å². The zero-order valence-electron chi connectivity index (χ0n) is 12.6. The van der Waals surface area contributed by atoms with Crippen LogP contribution in [-0.2, 0) is 19.5 Å². The molecule has 0 unspecified atom stereocenters. The molecule has 0 amide bonds. The van der Waals surface area contributed by atoms with Gasteiger partial charge in [-0.3, -0.25) is 4.79 Å². The summed E-state index contributed by atoms with van der Waals surface area (Å²) in [6.45, 7) is 0.0566. The Morgan fingerprint density at radius 2 is 2.00 bits per heavy atom. The topological polar surface area (TPSA) is 88.7 Å². The SMILES string of the molecule is COC(CN(C)S(=O)(=O)c1ccc2[nH]cc(C=O)c2c1)OC. The minimum Gasteiger partial charge on any atom is -0.360 e. The summed E-state index contributed by atoms with van der Waals surface area (Å²) >= 11 is 0. The fourth-order valence-corrected chi connectivity index (χ4v) is 3.30. The van der Waals surface area contributed by atoms with Crippen molar-refractivity contribution in [3.8, 4) is 0 Å². The van der Waals surface area contributed by atoms with E-state index >= 15 is 0 Å². The molecular weight excluding hydrogens is 308 g/mol. The number of methoxy groups -OCH3 is 2. The van der Waals surface area contributed by atoms with Gasteiger partial charge in [-0.1, -0.05) is 0 Å². The molecule has 2 aromatic rings. The number of fused-ring (bicyclic) bond motifs is 1. The molecule has 8 heteroatoms. The number of H-pyrrole nitrogens is 1. The Morgan fingerprint density at radius 3 is 2.59 bits per heavy atom. The van der Waals surface area contributed by atoms with Crippen LogP contribution < -0.4 is 0 Å². The Bertz CT molecular complexity index is 765. The van der Waals surface area contributed by atoms with E-state index in [0.29, 0.717) is 22.8 Å². The summed E-state index contributed by atoms with van der Waals surface area (Å²) in [6, 6.07) is 4.61. The minimum atomic E-state index is -3.71. The summed E-state index contributed by atoms with van der Waals surface area (Å²) < 4.78 is 36.3. The Labute approximate surface area is 128 Å². The first kappa shape index (κ1) is 16.6. The molecule has 0 radical (unpaired) electrons. The maximum absolute atomic E-state index is 12.6. The summed E-state index contributed by atoms with van der Waals surface area (Å²) in [4.78, 5) is 14.0. The molecule has 120 valence electrons. The molecule has 0 aliphatic rings. The van der Waals surface area contributed by atoms with Crippen molar-refractivity contribution >= 4 is 27.2 Å². The smallest absolute Gasteiger partial charge is 0.243 e. The third-order valence-electron chi connectivity index (χ3n) is 3.45. The maximum atomic E-state index is 12.6. The standard InChI is InChI=1S/C14H18N2O5S/c1-16(8-14(20-2)21-3)22(18,19)11-4-5-13-12(6-11)10(9-17)7-15-13/h4-7,9,14-15H,8H2,1-3H3. The summed E-state index contributed by atoms with van der Waals surface area (Å²) in [6.07, 6.45) is 1.58. The second-order valence-electron chi connectivity index (χ2n) is 4.76. The number of carbonyl (C=O) groups excluding carboxylic acids is 1. The van der Waals surface area contributed by atoms with Gasteiger partial charge in [-0.15, -0.1) is 0 Å². The number of aromatic amines is 1. The molecule has 2 rings (SSSR count). The highest BCUT2D eigenvalue weighted by atomic mass is 32.2. The highest BCUT2D eigenvalue weighted by Crippen LogP contribution is 2.23. The third-order valence-corrected chi connectivity index (χ3v) is 5.27. The molecular formula is C14H18N2O5S. The Hall–Kier alpha value is -1.74. The molecule has 1 aromatic carbocycles. The van der Waals surface area contributed by atoms with Crippen LogP contribution in [0.15, 0.2) is 29.3 Å². The largest absolute Gasteiger partial charge is 0.360 e. The number of rotatable bonds is 7. The number of ether oxygens (including phenoxy) is 2. The average Bonchev–Trinajstić information content (AvgIpc) is 2.94. The fraction of sp³-hybridized carbons (Fsp3) is 0.357. The van der Waals surface area contributed by atoms with Crippen molar-refractivity contribution in [3.63, 3.8) is 0 Å². The highest BCUT2D eigenvalue weighted by molar-refractivity contribution is 7.89. The zero-order valence-corrected chi connectivity index (χ0v) is 13.4. The van der Waals surface area contributed by atoms with E-state index in [0.717, 1.165) is 4.31 Å². The lowest BCUT2D eigenvalue weighted by Gasteiger charge is -2.21. The molecule has 22 heavy (non-hydrogen) atoms. The predicted molar refractivity (Wildman–Crippen MR) is 81.3 cm³/mol. The Balaban J connectivity index is 2.38. The van der Waals surface area contributed by atoms with Gasteiger partial charge >= 0.3 is 0 Å². The van der Waals surface area contributed by atoms with E-state index < -0.39 is 16.3 Å². The van der Waals surface area contributed by atoms with Crippen LogP contribution in [-0.4, -0.2) is 58.1 Å². The van der Waals surface area contributed by atoms with Crippen LogP contribution in [0.25, 0.3) is 10.9 Å². The van der Waals surface area contributed by atoms with Crippen LogP contribution in [0.3, 0.4) is 0 Å². The van der Waals surface area contributed by atoms with Crippen molar-refractivity contribution in [1.82, 2.24) is 9.29 Å². The Morgan fingerprint density at radius 1 is 1.32 bits per heavy atom. The minimum absolute atomic E-state index is 0.0566. The number of nitrogens with zero attached hydrogens (tertiary/aromatic N) is 1. The van der Waals surface area contributed by atoms with Gasteiger partial charge in [0.1, 0.15) is 0 Å². The van der Waals surface area contributed by atoms with Gasteiger partial charge in [-0.2, -0.15) is 4.31 Å². The molecule has 1 heterocycles. The first-order chi connectivity index (χ1) is 10.4. The van der Waals surface area contributed by atoms with Gasteiger partial charge in [-0.05, 0) is 18.2 Å². The van der Waals surface area contributed by atoms with Gasteiger partial charge in [-0.25, -0.2) is 8.42 Å². The van der Waals surface area contributed by atoms with E-state index in [4.69, 9.17) is 9.47 Å². The quantitative estimate of drug-likeness (QED) is 0.610. The number of aldehydes is 1. The maximum Gasteiger partial charge on any atom is 0.243 e. The molecule has 7 nitrogen and oxygen atoms in total. The number of aromatic nitrogens is 1. The lowest BCUT2D eigenvalue weighted by Crippen LogP contribution is -2.36. The predicted octanol–water partition coefficient (Wildman–Crippen LogP) is 1.22. The van der Waals surface area contributed by atoms with Crippen molar-refractivity contribution in [2.45, 2.75) is 11.2 Å². The number of likely N-dealkylation sites (N-methyl/N-ethyl adjacent to an activating group) is 1. The molecule has 0 spiro atoms. The van der Waals surface area contributed by atoms with E-state index in [1.807, 2.05) is 0 Å². The monoisotopic (exact) mass is 326 g/mol. The van der Waals surface area contributed by atoms with Crippen molar-refractivity contribution in [2.75, 3.05) is 27.8 Å². The molecule has 0 aliphatic heterocycles. The molecule has 0 atom stereocenters. The second-order valence-corrected chi connectivity index (χ2v) is 6.80. The molecule has 0 bridgehead atoms. The number of sulfonamides is 1. The molecule has 0 fully saturated rings. The number of benzene rings is 1. The number of nitrogens with one attached hydrogen (secondary N) is 1. The van der Waals surface area contributed by atoms with E-state index in [1.54, 1.807) is 12.3 Å². The van der Waals surface area contributed by atoms with Gasteiger partial charge in [0.2, 0.25) is 10.0 Å². The van der Waals surface area contributed by atoms with Crippen molar-refractivity contribution in [2.24, 2.45) is 0 Å². The fourth-order valence-electron chi connectivity index (χ4n) is 2.11. The summed E-state index contributed by atoms with van der Waals surface area (Å²) in [5.41, 5.74) is 1.12. The molecule has 0 saturated heterocycles. The van der Waals surface area contributed by atoms with Gasteiger partial charge in [0.05, 0.1) is 11.4 Å². The third kappa shape index (κ3) is 3.05. The van der Waals surface area contributed by atoms with Gasteiger partial charge in [0.25, 0.3) is 0 Å². The Kier molecular flexibility index (Phi) is 4.97. The number of hydrogen-bond donors (Lipinski definition) is 1. The number of carbonyl (C=O) groups is 1. The second kappa shape index (κ2) is 6.57. The molecule has 0 saturated carbocycles. The van der Waals surface area contributed by atoms with Crippen LogP contribution in [0.4, 0.5) is 0 Å². The normalized spacial score (nSPS) is 12.4. The highest BCUT2D eigenvalue weighted by Gasteiger charge is 2.24. The van der Waals surface area contributed by atoms with E-state index in [-0.39, 0.29) is 11.4 Å². The lowest BCUT2D eigenvalue weighted by molar-refractivity contribution is -0.106. The first-order valence-electron chi connectivity index (χ1n) is 6.52. The van der Waals surface area contributed by atoms with Crippen molar-refractivity contribution < 1.29 is 22.7 Å². The number of hydrogen-bond acceptors (Lipinski definition) is 5. The molecule has 0 aliphatic carbocycles. The van der Waals surface area contributed by atoms with Crippen LogP contribution in [0.5, 0.6) is 0 Å². The van der Waals surface area contributed by atoms with Crippen molar-refractivity contribution in [3.05, 3.63) is 30.0 Å². The average molecular weight is 326 g/mol. The van der Waals surface area contributed by atoms with E-state index in [9.17, 15) is 13.2 Å². The molecule has 1 N–H and O–H groups in total. The summed E-state index contributed by atoms with van der Waals surface area (Å²) in [5, 5.41) is 0.569. The van der Waals surface area contributed by atoms with Crippen LogP contribution in [0.2, 0.25) is 0 Å². The van der Waals surface area contributed by atoms with Gasteiger partial charge in [0.15, 0.2) is 12.6 Å². The lowest BCUT2D eigenvalue weighted by atomic mass is 10.2. The summed E-state index contributed by atoms with van der Waals surface area (Å²) in [7, 11) is 0.624. The van der Waals surface area contributed by atoms with Crippen LogP contribution >= 0.6 is 0 Å². The first-order valence-corrected chi connectivity index (χ1v) is 7.96. The summed E-state index contributed by atoms with van der Waals surface area (Å²) in [5.74, 6) is 0. The molecule has 1 aromatic heterocycles. The zero-order chi connectivity index (χ0) is 16.3. The van der Waals surface area contributed by atoms with Crippen LogP contribution in [0.1, 0.15) is 10.4 Å². The van der Waals surface area contributed by atoms with Crippen molar-refractivity contribution in [1.29, 1.82) is 0 Å². The van der Waals surface area contributed by atoms with Crippen LogP contribution in [0, 0.1) is 0 Å². The van der Waals surface area contributed by atoms with Gasteiger partial charge < -0.3 is 14.5 Å². The van der Waals surface area contributed by atoms with E-state index in [1.165, 1.54) is 33.4 Å². The van der Waals surface area contributed by atoms with Gasteiger partial charge in [0, 0.05) is 43.9 Å².